The highest BCUT2D eigenvalue weighted by atomic mass is 19.4. The first-order valence-corrected chi connectivity index (χ1v) is 8.53. The summed E-state index contributed by atoms with van der Waals surface area (Å²) in [6.07, 6.45) is -2.66. The Labute approximate surface area is 162 Å². The lowest BCUT2D eigenvalue weighted by Crippen LogP contribution is -2.31. The van der Waals surface area contributed by atoms with Gasteiger partial charge in [-0.25, -0.2) is 4.68 Å². The molecule has 0 spiro atoms. The van der Waals surface area contributed by atoms with E-state index in [0.717, 1.165) is 0 Å². The van der Waals surface area contributed by atoms with Crippen molar-refractivity contribution in [2.45, 2.75) is 25.6 Å². The monoisotopic (exact) mass is 404 g/mol. The second-order valence-corrected chi connectivity index (χ2v) is 7.02. The van der Waals surface area contributed by atoms with E-state index < -0.39 is 17.3 Å². The summed E-state index contributed by atoms with van der Waals surface area (Å²) in [6.45, 7) is 3.50. The highest BCUT2D eigenvalue weighted by Crippen LogP contribution is 2.36. The van der Waals surface area contributed by atoms with Gasteiger partial charge in [0.2, 0.25) is 5.82 Å². The molecule has 3 aromatic heterocycles. The van der Waals surface area contributed by atoms with Gasteiger partial charge in [-0.2, -0.15) is 18.2 Å². The zero-order valence-corrected chi connectivity index (χ0v) is 15.3. The largest absolute Gasteiger partial charge is 0.418 e. The number of pyridine rings is 1. The van der Waals surface area contributed by atoms with E-state index >= 15 is 0 Å². The van der Waals surface area contributed by atoms with E-state index in [0.29, 0.717) is 22.8 Å². The molecule has 0 unspecified atom stereocenters. The quantitative estimate of drug-likeness (QED) is 0.557. The molecule has 0 atom stereocenters. The molecule has 1 aromatic carbocycles. The van der Waals surface area contributed by atoms with Crippen LogP contribution in [0.15, 0.2) is 41.2 Å². The molecule has 4 aromatic rings. The van der Waals surface area contributed by atoms with Crippen molar-refractivity contribution in [3.05, 3.63) is 42.2 Å². The maximum atomic E-state index is 13.2. The predicted molar refractivity (Wildman–Crippen MR) is 95.5 cm³/mol. The van der Waals surface area contributed by atoms with Crippen molar-refractivity contribution in [1.29, 1.82) is 0 Å². The smallest absolute Gasteiger partial charge is 0.394 e. The number of alkyl halides is 3. The van der Waals surface area contributed by atoms with Crippen LogP contribution in [0.2, 0.25) is 0 Å². The van der Waals surface area contributed by atoms with Gasteiger partial charge in [-0.3, -0.25) is 4.98 Å². The molecule has 0 bridgehead atoms. The Morgan fingerprint density at radius 1 is 1.17 bits per heavy atom. The topological polar surface area (TPSA) is 103 Å². The molecule has 0 aliphatic heterocycles. The zero-order valence-electron chi connectivity index (χ0n) is 15.3. The summed E-state index contributed by atoms with van der Waals surface area (Å²) in [5.74, 6) is -0.150. The van der Waals surface area contributed by atoms with Crippen LogP contribution < -0.4 is 0 Å². The van der Waals surface area contributed by atoms with Crippen LogP contribution in [-0.2, 0) is 11.7 Å². The molecule has 150 valence electrons. The van der Waals surface area contributed by atoms with E-state index in [1.807, 2.05) is 13.8 Å². The molecule has 29 heavy (non-hydrogen) atoms. The summed E-state index contributed by atoms with van der Waals surface area (Å²) in [7, 11) is 0. The molecule has 3 heterocycles. The minimum absolute atomic E-state index is 0.114. The highest BCUT2D eigenvalue weighted by Gasteiger charge is 2.35. The van der Waals surface area contributed by atoms with Crippen LogP contribution in [-0.4, -0.2) is 41.8 Å². The van der Waals surface area contributed by atoms with Gasteiger partial charge in [0.05, 0.1) is 28.8 Å². The third-order valence-corrected chi connectivity index (χ3v) is 4.45. The average Bonchev–Trinajstić information content (AvgIpc) is 3.34. The lowest BCUT2D eigenvalue weighted by Gasteiger charge is -2.22. The van der Waals surface area contributed by atoms with E-state index in [9.17, 15) is 18.3 Å². The number of rotatable bonds is 4. The molecule has 0 fully saturated rings. The highest BCUT2D eigenvalue weighted by molar-refractivity contribution is 5.80. The van der Waals surface area contributed by atoms with Crippen LogP contribution in [0.3, 0.4) is 0 Å². The Kier molecular flexibility index (Phi) is 4.34. The predicted octanol–water partition coefficient (Wildman–Crippen LogP) is 3.29. The molecule has 8 nitrogen and oxygen atoms in total. The molecule has 11 heteroatoms. The Morgan fingerprint density at radius 2 is 1.97 bits per heavy atom. The third-order valence-electron chi connectivity index (χ3n) is 4.45. The van der Waals surface area contributed by atoms with Gasteiger partial charge in [0, 0.05) is 18.0 Å². The fraction of sp³-hybridized carbons (Fsp3) is 0.278. The summed E-state index contributed by atoms with van der Waals surface area (Å²) in [5, 5.41) is 21.5. The average molecular weight is 404 g/mol. The first kappa shape index (κ1) is 19.0. The van der Waals surface area contributed by atoms with Gasteiger partial charge in [-0.1, -0.05) is 10.4 Å². The number of hydrogen-bond acceptors (Lipinski definition) is 7. The van der Waals surface area contributed by atoms with Gasteiger partial charge < -0.3 is 9.63 Å². The number of aromatic nitrogens is 6. The second kappa shape index (κ2) is 6.62. The minimum atomic E-state index is -4.60. The van der Waals surface area contributed by atoms with E-state index in [1.165, 1.54) is 12.3 Å². The van der Waals surface area contributed by atoms with Crippen molar-refractivity contribution in [3.8, 4) is 22.8 Å². The Bertz CT molecular complexity index is 1180. The summed E-state index contributed by atoms with van der Waals surface area (Å²) < 4.78 is 46.3. The minimum Gasteiger partial charge on any atom is -0.394 e. The lowest BCUT2D eigenvalue weighted by atomic mass is 10.1. The van der Waals surface area contributed by atoms with Gasteiger partial charge in [-0.15, -0.1) is 5.10 Å². The van der Waals surface area contributed by atoms with Gasteiger partial charge in [-0.05, 0) is 38.1 Å². The SMILES string of the molecule is CC(C)(CO)n1nnc2cc(-c3noc(-c4ccncc4C(F)(F)F)n3)ccc21. The standard InChI is InChI=1S/C18H15F3N6O2/c1-17(2,9-28)27-14-4-3-10(7-13(14)24-26-27)15-23-16(29-25-15)11-5-6-22-8-12(11)18(19,20)21/h3-8,28H,9H2,1-2H3. The van der Waals surface area contributed by atoms with Crippen molar-refractivity contribution in [2.24, 2.45) is 0 Å². The van der Waals surface area contributed by atoms with E-state index in [1.54, 1.807) is 22.9 Å². The fourth-order valence-electron chi connectivity index (χ4n) is 2.83. The number of aliphatic hydroxyl groups excluding tert-OH is 1. The second-order valence-electron chi connectivity index (χ2n) is 7.02. The first-order chi connectivity index (χ1) is 13.7. The molecule has 0 saturated heterocycles. The van der Waals surface area contributed by atoms with Gasteiger partial charge >= 0.3 is 6.18 Å². The van der Waals surface area contributed by atoms with Crippen molar-refractivity contribution >= 4 is 11.0 Å². The maximum Gasteiger partial charge on any atom is 0.418 e. The van der Waals surface area contributed by atoms with Crippen LogP contribution >= 0.6 is 0 Å². The number of hydrogen-bond donors (Lipinski definition) is 1. The van der Waals surface area contributed by atoms with E-state index in [4.69, 9.17) is 4.52 Å². The van der Waals surface area contributed by atoms with E-state index in [2.05, 4.69) is 25.4 Å². The number of aliphatic hydroxyl groups is 1. The Balaban J connectivity index is 1.74. The van der Waals surface area contributed by atoms with Crippen LogP contribution in [0.4, 0.5) is 13.2 Å². The third kappa shape index (κ3) is 3.33. The van der Waals surface area contributed by atoms with E-state index in [-0.39, 0.29) is 23.9 Å². The molecule has 0 aliphatic carbocycles. The molecule has 0 amide bonds. The maximum absolute atomic E-state index is 13.2. The van der Waals surface area contributed by atoms with Crippen molar-refractivity contribution in [1.82, 2.24) is 30.1 Å². The summed E-state index contributed by atoms with van der Waals surface area (Å²) in [6, 6.07) is 6.23. The molecular formula is C18H15F3N6O2. The normalized spacial score (nSPS) is 12.6. The molecule has 0 aliphatic rings. The molecule has 0 radical (unpaired) electrons. The van der Waals surface area contributed by atoms with Crippen molar-refractivity contribution < 1.29 is 22.8 Å². The van der Waals surface area contributed by atoms with Gasteiger partial charge in [0.25, 0.3) is 5.89 Å². The summed E-state index contributed by atoms with van der Waals surface area (Å²) >= 11 is 0. The molecular weight excluding hydrogens is 389 g/mol. The summed E-state index contributed by atoms with van der Waals surface area (Å²) in [5.41, 5.74) is -0.141. The number of halogens is 3. The molecule has 1 N–H and O–H groups in total. The zero-order chi connectivity index (χ0) is 20.8. The van der Waals surface area contributed by atoms with Crippen LogP contribution in [0.5, 0.6) is 0 Å². The Hall–Kier alpha value is -3.34. The fourth-order valence-corrected chi connectivity index (χ4v) is 2.83. The number of nitrogens with zero attached hydrogens (tertiary/aromatic N) is 6. The Morgan fingerprint density at radius 3 is 2.69 bits per heavy atom. The number of benzene rings is 1. The van der Waals surface area contributed by atoms with Crippen LogP contribution in [0, 0.1) is 0 Å². The van der Waals surface area contributed by atoms with Crippen LogP contribution in [0.25, 0.3) is 33.9 Å². The van der Waals surface area contributed by atoms with Crippen molar-refractivity contribution in [2.75, 3.05) is 6.61 Å². The van der Waals surface area contributed by atoms with Gasteiger partial charge in [0.15, 0.2) is 0 Å². The number of fused-ring (bicyclic) bond motifs is 1. The van der Waals surface area contributed by atoms with Gasteiger partial charge in [0.1, 0.15) is 5.52 Å². The van der Waals surface area contributed by atoms with Crippen LogP contribution in [0.1, 0.15) is 19.4 Å². The lowest BCUT2D eigenvalue weighted by molar-refractivity contribution is -0.137. The van der Waals surface area contributed by atoms with Crippen molar-refractivity contribution in [3.63, 3.8) is 0 Å². The molecule has 0 saturated carbocycles. The summed E-state index contributed by atoms with van der Waals surface area (Å²) in [4.78, 5) is 7.62. The molecule has 4 rings (SSSR count). The first-order valence-electron chi connectivity index (χ1n) is 8.53.